The number of nitrogens with one attached hydrogen (secondary N) is 2. The number of anilines is 1. The number of carbonyl (C=O) groups excluding carboxylic acids is 3. The summed E-state index contributed by atoms with van der Waals surface area (Å²) in [4.78, 5) is 49.3. The molecule has 0 saturated heterocycles. The highest BCUT2D eigenvalue weighted by Crippen LogP contribution is 2.30. The molecule has 1 heterocycles. The molecule has 0 atom stereocenters. The molecule has 150 valence electrons. The number of urea groups is 1. The van der Waals surface area contributed by atoms with Gasteiger partial charge in [-0.1, -0.05) is 12.1 Å². The molecule has 2 aromatic rings. The molecule has 0 radical (unpaired) electrons. The molecule has 29 heavy (non-hydrogen) atoms. The summed E-state index contributed by atoms with van der Waals surface area (Å²) >= 11 is 0. The Kier molecular flexibility index (Phi) is 5.11. The first kappa shape index (κ1) is 20.1. The summed E-state index contributed by atoms with van der Waals surface area (Å²) in [5, 5.41) is 14.2. The van der Waals surface area contributed by atoms with Crippen LogP contribution < -0.4 is 10.6 Å². The van der Waals surface area contributed by atoms with E-state index in [4.69, 9.17) is 5.11 Å². The maximum atomic E-state index is 12.6. The quantitative estimate of drug-likeness (QED) is 0.688. The highest BCUT2D eigenvalue weighted by molar-refractivity contribution is 6.22. The predicted octanol–water partition coefficient (Wildman–Crippen LogP) is 3.10. The number of carboxylic acids is 1. The van der Waals surface area contributed by atoms with Crippen LogP contribution in [-0.2, 0) is 6.54 Å². The third-order valence-corrected chi connectivity index (χ3v) is 4.47. The molecule has 0 saturated carbocycles. The minimum Gasteiger partial charge on any atom is -0.478 e. The highest BCUT2D eigenvalue weighted by atomic mass is 16.4. The molecule has 0 unspecified atom stereocenters. The smallest absolute Gasteiger partial charge is 0.335 e. The standard InChI is InChI=1S/C21H21N3O5/c1-21(2,3)24-17(25)15-9-8-14(10-16(15)18(24)26)23-20(29)22-11-12-4-6-13(7-5-12)19(27)28/h4-10H,11H2,1-3H3,(H,27,28)(H2,22,23,29). The van der Waals surface area contributed by atoms with Crippen molar-refractivity contribution >= 4 is 29.5 Å². The van der Waals surface area contributed by atoms with Crippen molar-refractivity contribution in [3.05, 3.63) is 64.7 Å². The Morgan fingerprint density at radius 1 is 0.966 bits per heavy atom. The van der Waals surface area contributed by atoms with Gasteiger partial charge in [0.1, 0.15) is 0 Å². The molecule has 3 N–H and O–H groups in total. The van der Waals surface area contributed by atoms with Crippen LogP contribution in [0.3, 0.4) is 0 Å². The molecule has 4 amide bonds. The van der Waals surface area contributed by atoms with Gasteiger partial charge in [-0.05, 0) is 56.7 Å². The van der Waals surface area contributed by atoms with Gasteiger partial charge in [0.2, 0.25) is 0 Å². The van der Waals surface area contributed by atoms with Crippen LogP contribution in [0.4, 0.5) is 10.5 Å². The Morgan fingerprint density at radius 2 is 1.59 bits per heavy atom. The van der Waals surface area contributed by atoms with Crippen molar-refractivity contribution in [2.24, 2.45) is 0 Å². The summed E-state index contributed by atoms with van der Waals surface area (Å²) in [6, 6.07) is 10.2. The van der Waals surface area contributed by atoms with E-state index in [1.54, 1.807) is 39.0 Å². The molecule has 0 aliphatic carbocycles. The van der Waals surface area contributed by atoms with Gasteiger partial charge in [0, 0.05) is 17.8 Å². The molecule has 8 nitrogen and oxygen atoms in total. The van der Waals surface area contributed by atoms with E-state index in [2.05, 4.69) is 10.6 Å². The van der Waals surface area contributed by atoms with E-state index in [0.717, 1.165) is 5.56 Å². The van der Waals surface area contributed by atoms with Gasteiger partial charge in [0.05, 0.1) is 16.7 Å². The molecule has 0 bridgehead atoms. The normalized spacial score (nSPS) is 13.3. The Morgan fingerprint density at radius 3 is 2.17 bits per heavy atom. The average molecular weight is 395 g/mol. The highest BCUT2D eigenvalue weighted by Gasteiger charge is 2.41. The molecule has 0 fully saturated rings. The molecule has 3 rings (SSSR count). The minimum atomic E-state index is -1.02. The molecule has 0 aromatic heterocycles. The predicted molar refractivity (Wildman–Crippen MR) is 106 cm³/mol. The lowest BCUT2D eigenvalue weighted by atomic mass is 10.1. The van der Waals surface area contributed by atoms with E-state index in [-0.39, 0.29) is 29.5 Å². The second-order valence-electron chi connectivity index (χ2n) is 7.69. The van der Waals surface area contributed by atoms with Gasteiger partial charge in [-0.3, -0.25) is 14.5 Å². The largest absolute Gasteiger partial charge is 0.478 e. The fourth-order valence-electron chi connectivity index (χ4n) is 3.05. The van der Waals surface area contributed by atoms with Crippen LogP contribution in [0, 0.1) is 0 Å². The number of hydrogen-bond donors (Lipinski definition) is 3. The van der Waals surface area contributed by atoms with Gasteiger partial charge < -0.3 is 15.7 Å². The van der Waals surface area contributed by atoms with Gasteiger partial charge in [0.15, 0.2) is 0 Å². The van der Waals surface area contributed by atoms with Crippen molar-refractivity contribution in [2.45, 2.75) is 32.9 Å². The number of imide groups is 1. The third-order valence-electron chi connectivity index (χ3n) is 4.47. The average Bonchev–Trinajstić information content (AvgIpc) is 2.90. The van der Waals surface area contributed by atoms with Gasteiger partial charge in [-0.2, -0.15) is 0 Å². The summed E-state index contributed by atoms with van der Waals surface area (Å²) in [6.45, 7) is 5.55. The zero-order valence-corrected chi connectivity index (χ0v) is 16.3. The van der Waals surface area contributed by atoms with E-state index in [9.17, 15) is 19.2 Å². The van der Waals surface area contributed by atoms with Crippen molar-refractivity contribution in [2.75, 3.05) is 5.32 Å². The van der Waals surface area contributed by atoms with E-state index >= 15 is 0 Å². The van der Waals surface area contributed by atoms with Crippen LogP contribution in [0.2, 0.25) is 0 Å². The number of aromatic carboxylic acids is 1. The van der Waals surface area contributed by atoms with Crippen LogP contribution >= 0.6 is 0 Å². The molecular weight excluding hydrogens is 374 g/mol. The Labute approximate surface area is 167 Å². The van der Waals surface area contributed by atoms with Crippen molar-refractivity contribution in [1.29, 1.82) is 0 Å². The maximum absolute atomic E-state index is 12.6. The van der Waals surface area contributed by atoms with Crippen LogP contribution in [0.15, 0.2) is 42.5 Å². The van der Waals surface area contributed by atoms with Crippen LogP contribution in [0.1, 0.15) is 57.4 Å². The Hall–Kier alpha value is -3.68. The fraction of sp³-hybridized carbons (Fsp3) is 0.238. The zero-order valence-electron chi connectivity index (χ0n) is 16.3. The number of benzene rings is 2. The molecule has 8 heteroatoms. The van der Waals surface area contributed by atoms with Crippen molar-refractivity contribution in [3.8, 4) is 0 Å². The number of carboxylic acid groups (broad SMARTS) is 1. The number of hydrogen-bond acceptors (Lipinski definition) is 4. The Bertz CT molecular complexity index is 1010. The number of carbonyl (C=O) groups is 4. The lowest BCUT2D eigenvalue weighted by Gasteiger charge is -2.29. The van der Waals surface area contributed by atoms with Gasteiger partial charge in [0.25, 0.3) is 11.8 Å². The fourth-order valence-corrected chi connectivity index (χ4v) is 3.05. The van der Waals surface area contributed by atoms with Crippen molar-refractivity contribution in [3.63, 3.8) is 0 Å². The second kappa shape index (κ2) is 7.38. The first-order chi connectivity index (χ1) is 13.6. The summed E-state index contributed by atoms with van der Waals surface area (Å²) in [5.41, 5.74) is 1.22. The van der Waals surface area contributed by atoms with E-state index in [0.29, 0.717) is 11.3 Å². The molecule has 0 spiro atoms. The number of rotatable bonds is 4. The first-order valence-corrected chi connectivity index (χ1v) is 8.98. The molecular formula is C21H21N3O5. The number of amides is 4. The summed E-state index contributed by atoms with van der Waals surface area (Å²) in [5.74, 6) is -1.75. The maximum Gasteiger partial charge on any atom is 0.335 e. The monoisotopic (exact) mass is 395 g/mol. The van der Waals surface area contributed by atoms with Gasteiger partial charge >= 0.3 is 12.0 Å². The topological polar surface area (TPSA) is 116 Å². The van der Waals surface area contributed by atoms with Gasteiger partial charge in [-0.15, -0.1) is 0 Å². The molecule has 2 aromatic carbocycles. The number of nitrogens with zero attached hydrogens (tertiary/aromatic N) is 1. The summed E-state index contributed by atoms with van der Waals surface area (Å²) in [7, 11) is 0. The SMILES string of the molecule is CC(C)(C)N1C(=O)c2ccc(NC(=O)NCc3ccc(C(=O)O)cc3)cc2C1=O. The lowest BCUT2D eigenvalue weighted by molar-refractivity contribution is 0.0506. The van der Waals surface area contributed by atoms with Crippen molar-refractivity contribution < 1.29 is 24.3 Å². The van der Waals surface area contributed by atoms with E-state index in [1.165, 1.54) is 29.2 Å². The third kappa shape index (κ3) is 4.11. The van der Waals surface area contributed by atoms with Crippen LogP contribution in [0.25, 0.3) is 0 Å². The lowest BCUT2D eigenvalue weighted by Crippen LogP contribution is -2.45. The first-order valence-electron chi connectivity index (χ1n) is 8.98. The van der Waals surface area contributed by atoms with Crippen LogP contribution in [-0.4, -0.2) is 39.4 Å². The van der Waals surface area contributed by atoms with Crippen LogP contribution in [0.5, 0.6) is 0 Å². The van der Waals surface area contributed by atoms with Gasteiger partial charge in [-0.25, -0.2) is 9.59 Å². The number of fused-ring (bicyclic) bond motifs is 1. The van der Waals surface area contributed by atoms with Crippen molar-refractivity contribution in [1.82, 2.24) is 10.2 Å². The molecule has 1 aliphatic heterocycles. The molecule has 1 aliphatic rings. The Balaban J connectivity index is 1.65. The van der Waals surface area contributed by atoms with E-state index in [1.807, 2.05) is 0 Å². The summed E-state index contributed by atoms with van der Waals surface area (Å²) in [6.07, 6.45) is 0. The second-order valence-corrected chi connectivity index (χ2v) is 7.69. The minimum absolute atomic E-state index is 0.167. The zero-order chi connectivity index (χ0) is 21.3. The van der Waals surface area contributed by atoms with E-state index < -0.39 is 17.5 Å². The summed E-state index contributed by atoms with van der Waals surface area (Å²) < 4.78 is 0.